The number of hydrogen-bond donors (Lipinski definition) is 17. The van der Waals surface area contributed by atoms with Gasteiger partial charge in [-0.3, -0.25) is 4.79 Å². The molecule has 17 N–H and O–H groups in total. The zero-order valence-corrected chi connectivity index (χ0v) is 43.3. The number of aliphatic hydroxyl groups excluding tert-OH is 17. The van der Waals surface area contributed by atoms with E-state index in [4.69, 9.17) is 47.4 Å². The Morgan fingerprint density at radius 3 is 1.44 bits per heavy atom. The number of carbonyl (C=O) groups excluding carboxylic acids is 1. The summed E-state index contributed by atoms with van der Waals surface area (Å²) in [7, 11) is 0. The van der Waals surface area contributed by atoms with Gasteiger partial charge in [-0.15, -0.1) is 0 Å². The lowest BCUT2D eigenvalue weighted by molar-refractivity contribution is -0.387. The van der Waals surface area contributed by atoms with Gasteiger partial charge in [0, 0.05) is 0 Å². The van der Waals surface area contributed by atoms with Crippen LogP contribution >= 0.6 is 0 Å². The van der Waals surface area contributed by atoms with Gasteiger partial charge in [-0.1, -0.05) is 19.9 Å². The van der Waals surface area contributed by atoms with Crippen molar-refractivity contribution >= 4 is 5.97 Å². The van der Waals surface area contributed by atoms with Crippen LogP contribution in [0.1, 0.15) is 71.6 Å². The van der Waals surface area contributed by atoms with E-state index in [9.17, 15) is 91.6 Å². The maximum atomic E-state index is 14.8. The maximum absolute atomic E-state index is 14.8. The van der Waals surface area contributed by atoms with E-state index in [1.807, 2.05) is 0 Å². The molecular formula is C50H80O28. The highest BCUT2D eigenvalue weighted by molar-refractivity contribution is 5.77. The van der Waals surface area contributed by atoms with Crippen LogP contribution in [0.25, 0.3) is 0 Å². The molecule has 5 heterocycles. The third kappa shape index (κ3) is 10.3. The maximum Gasteiger partial charge on any atom is 0.314 e. The molecule has 9 rings (SSSR count). The van der Waals surface area contributed by atoms with E-state index < -0.39 is 214 Å². The van der Waals surface area contributed by atoms with E-state index >= 15 is 0 Å². The van der Waals surface area contributed by atoms with Crippen LogP contribution in [0.4, 0.5) is 0 Å². The minimum absolute atomic E-state index is 0.00575. The van der Waals surface area contributed by atoms with Gasteiger partial charge < -0.3 is 134 Å². The van der Waals surface area contributed by atoms with Crippen molar-refractivity contribution in [1.29, 1.82) is 0 Å². The fraction of sp³-hybridized carbons (Fsp3) is 0.940. The third-order valence-electron chi connectivity index (χ3n) is 19.2. The third-order valence-corrected chi connectivity index (χ3v) is 19.2. The van der Waals surface area contributed by atoms with Crippen LogP contribution < -0.4 is 0 Å². The second kappa shape index (κ2) is 23.3. The molecule has 0 radical (unpaired) electrons. The van der Waals surface area contributed by atoms with Crippen molar-refractivity contribution in [1.82, 2.24) is 0 Å². The summed E-state index contributed by atoms with van der Waals surface area (Å²) in [6.45, 7) is 4.32. The van der Waals surface area contributed by atoms with E-state index in [0.717, 1.165) is 12.0 Å². The highest BCUT2D eigenvalue weighted by Gasteiger charge is 2.70. The molecule has 28 heteroatoms. The summed E-state index contributed by atoms with van der Waals surface area (Å²) in [5.41, 5.74) is -2.44. The van der Waals surface area contributed by atoms with Crippen molar-refractivity contribution in [3.05, 3.63) is 12.2 Å². The quantitative estimate of drug-likeness (QED) is 0.0411. The molecule has 448 valence electrons. The summed E-state index contributed by atoms with van der Waals surface area (Å²) < 4.78 is 59.1. The lowest BCUT2D eigenvalue weighted by Crippen LogP contribution is -2.67. The molecule has 0 aromatic heterocycles. The molecule has 5 aliphatic heterocycles. The van der Waals surface area contributed by atoms with Gasteiger partial charge in [-0.25, -0.2) is 0 Å². The monoisotopic (exact) mass is 1130 g/mol. The minimum Gasteiger partial charge on any atom is -0.432 e. The van der Waals surface area contributed by atoms with Crippen molar-refractivity contribution in [3.63, 3.8) is 0 Å². The Bertz CT molecular complexity index is 2070. The molecule has 0 aromatic carbocycles. The molecule has 9 fully saturated rings. The van der Waals surface area contributed by atoms with Crippen LogP contribution in [0.15, 0.2) is 12.2 Å². The molecular weight excluding hydrogens is 1050 g/mol. The molecule has 4 aliphatic carbocycles. The Morgan fingerprint density at radius 2 is 0.910 bits per heavy atom. The van der Waals surface area contributed by atoms with Gasteiger partial charge >= 0.3 is 5.97 Å². The second-order valence-electron chi connectivity index (χ2n) is 23.6. The Hall–Kier alpha value is -1.83. The predicted octanol–water partition coefficient (Wildman–Crippen LogP) is -7.29. The molecule has 0 aromatic rings. The van der Waals surface area contributed by atoms with E-state index in [-0.39, 0.29) is 11.8 Å². The van der Waals surface area contributed by atoms with Gasteiger partial charge in [0.05, 0.1) is 44.1 Å². The first-order valence-electron chi connectivity index (χ1n) is 26.9. The smallest absolute Gasteiger partial charge is 0.314 e. The van der Waals surface area contributed by atoms with Gasteiger partial charge in [0.2, 0.25) is 6.29 Å². The first-order valence-corrected chi connectivity index (χ1v) is 26.9. The predicted molar refractivity (Wildman–Crippen MR) is 252 cm³/mol. The standard InChI is InChI=1S/C50H80O28/c1-18-11-49-9-5-24-47(2,25(49)6-10-50(18,17-49)78-45-40(33(63)29(59)22(15-54)72-45)76-42-36(66)31(61)27(57)20(13-52)70-42)7-4-8-48(24,3)46(68)77-43-37(67)34(64)38(23(16-55)73-43)74-44-39(32(62)28(58)21(14-53)71-44)75-41-35(65)30(60)26(56)19(12-51)69-41/h19-45,51-67H,1,4-17H2,2-3H3/t19-,20-,21-,22-,23-,24-,25-,26-,27-,28-,29-,30+,31+,32+,33+,34-,35-,36-,37-,38-,39-,40-,41-,42+,43+,44-,45+,47+,48?,49+,50+/m1/s1. The average Bonchev–Trinajstić information content (AvgIpc) is 3.85. The normalized spacial score (nSPS) is 54.5. The highest BCUT2D eigenvalue weighted by Crippen LogP contribution is 2.74. The molecule has 1 unspecified atom stereocenters. The van der Waals surface area contributed by atoms with Gasteiger partial charge in [0.1, 0.15) is 122 Å². The Kier molecular flexibility index (Phi) is 18.2. The van der Waals surface area contributed by atoms with E-state index in [1.54, 1.807) is 6.92 Å². The van der Waals surface area contributed by atoms with Crippen LogP contribution in [0.5, 0.6) is 0 Å². The number of fused-ring (bicyclic) bond motifs is 3. The van der Waals surface area contributed by atoms with Crippen LogP contribution in [-0.2, 0) is 52.2 Å². The van der Waals surface area contributed by atoms with Crippen LogP contribution in [0.2, 0.25) is 0 Å². The Labute approximate surface area is 448 Å². The highest BCUT2D eigenvalue weighted by atomic mass is 16.8. The number of aliphatic hydroxyl groups is 17. The van der Waals surface area contributed by atoms with Gasteiger partial charge in [0.15, 0.2) is 25.2 Å². The van der Waals surface area contributed by atoms with Gasteiger partial charge in [0.25, 0.3) is 0 Å². The van der Waals surface area contributed by atoms with Crippen LogP contribution in [0.3, 0.4) is 0 Å². The zero-order chi connectivity index (χ0) is 56.7. The summed E-state index contributed by atoms with van der Waals surface area (Å²) in [6, 6.07) is 0. The molecule has 28 nitrogen and oxygen atoms in total. The summed E-state index contributed by atoms with van der Waals surface area (Å²) in [5, 5.41) is 181. The molecule has 31 atom stereocenters. The molecule has 1 spiro atoms. The largest absolute Gasteiger partial charge is 0.432 e. The number of hydrogen-bond acceptors (Lipinski definition) is 28. The summed E-state index contributed by atoms with van der Waals surface area (Å²) >= 11 is 0. The lowest BCUT2D eigenvalue weighted by atomic mass is 9.41. The molecule has 78 heavy (non-hydrogen) atoms. The summed E-state index contributed by atoms with van der Waals surface area (Å²) in [5.74, 6) is -1.03. The first kappa shape index (κ1) is 60.8. The topological polar surface area (TPSA) is 453 Å². The Morgan fingerprint density at radius 1 is 0.487 bits per heavy atom. The average molecular weight is 1130 g/mol. The van der Waals surface area contributed by atoms with Crippen molar-refractivity contribution in [3.8, 4) is 0 Å². The molecule has 2 bridgehead atoms. The fourth-order valence-corrected chi connectivity index (χ4v) is 15.0. The minimum atomic E-state index is -2.03. The summed E-state index contributed by atoms with van der Waals surface area (Å²) in [4.78, 5) is 14.8. The number of rotatable bonds is 15. The molecule has 4 saturated carbocycles. The van der Waals surface area contributed by atoms with Crippen molar-refractivity contribution < 1.29 is 139 Å². The van der Waals surface area contributed by atoms with Crippen molar-refractivity contribution in [2.24, 2.45) is 28.1 Å². The molecule has 0 amide bonds. The SMILES string of the molecule is C=C1C[C@]23CC[C@H]4C(C)(C(=O)O[C@@H]5O[C@H](CO)[C@@H](O[C@H]6O[C@H](CO)[C@@H](O)[C@H](O)[C@H]6O[C@H]6O[C@H](CO)[C@@H](O)[C@H](O)[C@H]6O)[C@H](O)[C@H]5O)CCC[C@]4(C)[C@H]2CC[C@]1(O[C@@H]1O[C@H](CO)[C@@H](O)[C@H](O)[C@H]1O[C@@H]1O[C@H](CO)[C@@H](O)[C@H](O)[C@H]1O)C3. The number of esters is 1. The van der Waals surface area contributed by atoms with Crippen LogP contribution in [0, 0.1) is 28.1 Å². The van der Waals surface area contributed by atoms with E-state index in [1.165, 1.54) is 0 Å². The number of carbonyl (C=O) groups is 1. The fourth-order valence-electron chi connectivity index (χ4n) is 15.0. The molecule has 9 aliphatic rings. The van der Waals surface area contributed by atoms with Crippen molar-refractivity contribution in [2.45, 2.75) is 231 Å². The van der Waals surface area contributed by atoms with E-state index in [0.29, 0.717) is 51.4 Å². The lowest BCUT2D eigenvalue weighted by Gasteiger charge is -2.64. The zero-order valence-electron chi connectivity index (χ0n) is 43.3. The van der Waals surface area contributed by atoms with Gasteiger partial charge in [-0.2, -0.15) is 0 Å². The number of ether oxygens (including phenoxy) is 10. The van der Waals surface area contributed by atoms with Gasteiger partial charge in [-0.05, 0) is 86.5 Å². The van der Waals surface area contributed by atoms with Crippen LogP contribution in [-0.4, -0.2) is 285 Å². The van der Waals surface area contributed by atoms with Crippen molar-refractivity contribution in [2.75, 3.05) is 33.0 Å². The summed E-state index contributed by atoms with van der Waals surface area (Å²) in [6.07, 6.45) is -39.0. The Balaban J connectivity index is 0.883. The second-order valence-corrected chi connectivity index (χ2v) is 23.6. The van der Waals surface area contributed by atoms with E-state index in [2.05, 4.69) is 13.5 Å². The first-order chi connectivity index (χ1) is 36.9. The molecule has 5 saturated heterocycles.